The van der Waals surface area contributed by atoms with E-state index in [1.165, 1.54) is 0 Å². The van der Waals surface area contributed by atoms with Crippen molar-refractivity contribution in [1.29, 1.82) is 0 Å². The van der Waals surface area contributed by atoms with Crippen molar-refractivity contribution in [2.45, 2.75) is 33.6 Å². The molecule has 1 aliphatic heterocycles. The summed E-state index contributed by atoms with van der Waals surface area (Å²) in [6, 6.07) is 0. The molecule has 2 rings (SSSR count). The van der Waals surface area contributed by atoms with Crippen LogP contribution in [0.4, 0.5) is 0 Å². The Morgan fingerprint density at radius 2 is 2.05 bits per heavy atom. The molecule has 0 aromatic heterocycles. The lowest BCUT2D eigenvalue weighted by Crippen LogP contribution is -2.60. The minimum Gasteiger partial charge on any atom is -0.383 e. The molecule has 0 spiro atoms. The van der Waals surface area contributed by atoms with Crippen LogP contribution in [-0.4, -0.2) is 49.4 Å². The van der Waals surface area contributed by atoms with Crippen molar-refractivity contribution in [2.75, 3.05) is 26.8 Å². The Kier molecular flexibility index (Phi) is 4.10. The van der Waals surface area contributed by atoms with Crippen LogP contribution < -0.4 is 5.32 Å². The van der Waals surface area contributed by atoms with Crippen LogP contribution in [0.15, 0.2) is 0 Å². The number of rotatable bonds is 5. The summed E-state index contributed by atoms with van der Waals surface area (Å²) in [5, 5.41) is 2.65. The molecule has 0 aromatic carbocycles. The van der Waals surface area contributed by atoms with Gasteiger partial charge in [0.2, 0.25) is 17.7 Å². The third-order valence-corrected chi connectivity index (χ3v) is 5.44. The van der Waals surface area contributed by atoms with Crippen LogP contribution >= 0.6 is 0 Å². The van der Waals surface area contributed by atoms with Gasteiger partial charge in [-0.2, -0.15) is 0 Å². The van der Waals surface area contributed by atoms with E-state index in [1.54, 1.807) is 7.11 Å². The first-order chi connectivity index (χ1) is 9.75. The first-order valence-electron chi connectivity index (χ1n) is 7.37. The van der Waals surface area contributed by atoms with E-state index in [0.29, 0.717) is 19.6 Å². The number of nitrogens with one attached hydrogen (secondary N) is 1. The average Bonchev–Trinajstić information content (AvgIpc) is 2.61. The van der Waals surface area contributed by atoms with Gasteiger partial charge in [0.15, 0.2) is 0 Å². The normalized spacial score (nSPS) is 30.7. The summed E-state index contributed by atoms with van der Waals surface area (Å²) < 4.78 is 4.85. The van der Waals surface area contributed by atoms with Crippen LogP contribution in [0.5, 0.6) is 0 Å². The molecule has 2 aliphatic rings. The van der Waals surface area contributed by atoms with Crippen LogP contribution in [-0.2, 0) is 19.1 Å². The van der Waals surface area contributed by atoms with Crippen LogP contribution in [0.3, 0.4) is 0 Å². The van der Waals surface area contributed by atoms with Crippen molar-refractivity contribution >= 4 is 17.7 Å². The van der Waals surface area contributed by atoms with Crippen molar-refractivity contribution in [2.24, 2.45) is 16.7 Å². The summed E-state index contributed by atoms with van der Waals surface area (Å²) in [4.78, 5) is 38.2. The number of likely N-dealkylation sites (tertiary alicyclic amines) is 1. The standard InChI is InChI=1S/C15H24N2O4/c1-14(2)10-5-6-15(14,3)13(20)17(12(10)19)9-11(18)16-7-8-21-4/h10H,5-9H2,1-4H3,(H,16,18). The van der Waals surface area contributed by atoms with Gasteiger partial charge in [0.25, 0.3) is 0 Å². The molecule has 6 nitrogen and oxygen atoms in total. The fourth-order valence-electron chi connectivity index (χ4n) is 3.54. The number of methoxy groups -OCH3 is 1. The highest BCUT2D eigenvalue weighted by atomic mass is 16.5. The number of nitrogens with zero attached hydrogens (tertiary/aromatic N) is 1. The number of hydrogen-bond acceptors (Lipinski definition) is 4. The molecule has 6 heteroatoms. The summed E-state index contributed by atoms with van der Waals surface area (Å²) in [6.07, 6.45) is 1.42. The number of ether oxygens (including phenoxy) is 1. The van der Waals surface area contributed by atoms with Gasteiger partial charge in [-0.05, 0) is 18.3 Å². The van der Waals surface area contributed by atoms with Gasteiger partial charge in [0, 0.05) is 19.6 Å². The largest absolute Gasteiger partial charge is 0.383 e. The van der Waals surface area contributed by atoms with Gasteiger partial charge in [-0.25, -0.2) is 0 Å². The summed E-state index contributed by atoms with van der Waals surface area (Å²) in [5.74, 6) is -0.918. The monoisotopic (exact) mass is 296 g/mol. The predicted molar refractivity (Wildman–Crippen MR) is 76.2 cm³/mol. The molecular formula is C15H24N2O4. The second-order valence-corrected chi connectivity index (χ2v) is 6.72. The van der Waals surface area contributed by atoms with Gasteiger partial charge >= 0.3 is 0 Å². The molecule has 0 radical (unpaired) electrons. The highest BCUT2D eigenvalue weighted by molar-refractivity contribution is 6.06. The summed E-state index contributed by atoms with van der Waals surface area (Å²) in [6.45, 7) is 6.47. The Balaban J connectivity index is 2.10. The highest BCUT2D eigenvalue weighted by Crippen LogP contribution is 2.59. The first kappa shape index (κ1) is 15.9. The molecule has 118 valence electrons. The fourth-order valence-corrected chi connectivity index (χ4v) is 3.54. The van der Waals surface area contributed by atoms with E-state index in [4.69, 9.17) is 4.74 Å². The summed E-state index contributed by atoms with van der Waals surface area (Å²) in [7, 11) is 1.55. The minimum absolute atomic E-state index is 0.174. The van der Waals surface area contributed by atoms with Crippen LogP contribution in [0, 0.1) is 16.7 Å². The Labute approximate surface area is 125 Å². The lowest BCUT2D eigenvalue weighted by molar-refractivity contribution is -0.169. The SMILES string of the molecule is COCCNC(=O)CN1C(=O)C2CCC(C)(C1=O)C2(C)C. The van der Waals surface area contributed by atoms with E-state index in [0.717, 1.165) is 11.3 Å². The number of carbonyl (C=O) groups is 3. The molecule has 1 heterocycles. The van der Waals surface area contributed by atoms with Crippen LogP contribution in [0.25, 0.3) is 0 Å². The second kappa shape index (κ2) is 5.40. The minimum atomic E-state index is -0.557. The van der Waals surface area contributed by atoms with E-state index in [9.17, 15) is 14.4 Å². The zero-order chi connectivity index (χ0) is 15.8. The molecule has 2 fully saturated rings. The first-order valence-corrected chi connectivity index (χ1v) is 7.37. The van der Waals surface area contributed by atoms with Crippen molar-refractivity contribution in [3.8, 4) is 0 Å². The molecule has 1 aliphatic carbocycles. The molecule has 2 unspecified atom stereocenters. The molecule has 1 saturated carbocycles. The lowest BCUT2D eigenvalue weighted by Gasteiger charge is -2.47. The lowest BCUT2D eigenvalue weighted by atomic mass is 9.62. The smallest absolute Gasteiger partial charge is 0.240 e. The van der Waals surface area contributed by atoms with Gasteiger partial charge in [-0.1, -0.05) is 20.8 Å². The van der Waals surface area contributed by atoms with Crippen molar-refractivity contribution < 1.29 is 19.1 Å². The van der Waals surface area contributed by atoms with Gasteiger partial charge < -0.3 is 10.1 Å². The van der Waals surface area contributed by atoms with Gasteiger partial charge in [0.1, 0.15) is 6.54 Å². The summed E-state index contributed by atoms with van der Waals surface area (Å²) in [5.41, 5.74) is -0.900. The summed E-state index contributed by atoms with van der Waals surface area (Å²) >= 11 is 0. The molecular weight excluding hydrogens is 272 g/mol. The highest BCUT2D eigenvalue weighted by Gasteiger charge is 2.64. The number of carbonyl (C=O) groups excluding carboxylic acids is 3. The Bertz CT molecular complexity index is 474. The molecule has 1 N–H and O–H groups in total. The Hall–Kier alpha value is -1.43. The maximum Gasteiger partial charge on any atom is 0.240 e. The molecule has 1 saturated heterocycles. The number of piperidine rings is 1. The topological polar surface area (TPSA) is 75.7 Å². The third-order valence-electron chi connectivity index (χ3n) is 5.44. The van der Waals surface area contributed by atoms with Crippen molar-refractivity contribution in [1.82, 2.24) is 10.2 Å². The Morgan fingerprint density at radius 1 is 1.38 bits per heavy atom. The third kappa shape index (κ3) is 2.35. The number of imide groups is 1. The number of amides is 3. The van der Waals surface area contributed by atoms with Crippen molar-refractivity contribution in [3.63, 3.8) is 0 Å². The van der Waals surface area contributed by atoms with Gasteiger partial charge in [-0.3, -0.25) is 19.3 Å². The molecule has 21 heavy (non-hydrogen) atoms. The van der Waals surface area contributed by atoms with E-state index in [1.807, 2.05) is 20.8 Å². The second-order valence-electron chi connectivity index (χ2n) is 6.72. The van der Waals surface area contributed by atoms with E-state index in [2.05, 4.69) is 5.32 Å². The van der Waals surface area contributed by atoms with Crippen LogP contribution in [0.1, 0.15) is 33.6 Å². The number of hydrogen-bond donors (Lipinski definition) is 1. The molecule has 0 aromatic rings. The van der Waals surface area contributed by atoms with E-state index < -0.39 is 5.41 Å². The van der Waals surface area contributed by atoms with E-state index >= 15 is 0 Å². The molecule has 2 atom stereocenters. The zero-order valence-electron chi connectivity index (χ0n) is 13.2. The average molecular weight is 296 g/mol. The maximum absolute atomic E-state index is 12.7. The quantitative estimate of drug-likeness (QED) is 0.594. The van der Waals surface area contributed by atoms with Gasteiger partial charge in [0.05, 0.1) is 12.0 Å². The Morgan fingerprint density at radius 3 is 2.67 bits per heavy atom. The van der Waals surface area contributed by atoms with Gasteiger partial charge in [-0.15, -0.1) is 0 Å². The fraction of sp³-hybridized carbons (Fsp3) is 0.800. The zero-order valence-corrected chi connectivity index (χ0v) is 13.2. The molecule has 2 bridgehead atoms. The van der Waals surface area contributed by atoms with Crippen molar-refractivity contribution in [3.05, 3.63) is 0 Å². The molecule has 3 amide bonds. The van der Waals surface area contributed by atoms with Crippen LogP contribution in [0.2, 0.25) is 0 Å². The predicted octanol–water partition coefficient (Wildman–Crippen LogP) is 0.560. The maximum atomic E-state index is 12.7. The van der Waals surface area contributed by atoms with E-state index in [-0.39, 0.29) is 35.6 Å². The number of fused-ring (bicyclic) bond motifs is 2.